The minimum Gasteiger partial charge on any atom is -0.462 e. The van der Waals surface area contributed by atoms with Gasteiger partial charge in [-0.2, -0.15) is 13.2 Å². The van der Waals surface area contributed by atoms with Gasteiger partial charge < -0.3 is 15.4 Å². The number of carbonyl (C=O) groups excluding carboxylic acids is 2. The van der Waals surface area contributed by atoms with Crippen LogP contribution in [0.4, 0.5) is 24.5 Å². The molecule has 0 spiro atoms. The van der Waals surface area contributed by atoms with Gasteiger partial charge in [-0.25, -0.2) is 4.79 Å². The molecule has 27 heavy (non-hydrogen) atoms. The summed E-state index contributed by atoms with van der Waals surface area (Å²) in [5.41, 5.74) is -0.294. The summed E-state index contributed by atoms with van der Waals surface area (Å²) in [6, 6.07) is 11.0. The molecule has 5 nitrogen and oxygen atoms in total. The Morgan fingerprint density at radius 1 is 1.04 bits per heavy atom. The van der Waals surface area contributed by atoms with Crippen molar-refractivity contribution < 1.29 is 27.5 Å². The molecule has 0 fully saturated rings. The Labute approximate surface area is 154 Å². The number of amides is 1. The molecule has 0 heterocycles. The van der Waals surface area contributed by atoms with Gasteiger partial charge in [-0.05, 0) is 42.8 Å². The first kappa shape index (κ1) is 20.3. The molecule has 0 radical (unpaired) electrons. The summed E-state index contributed by atoms with van der Waals surface area (Å²) in [5, 5.41) is 5.03. The molecule has 0 saturated carbocycles. The zero-order valence-electron chi connectivity index (χ0n) is 14.6. The highest BCUT2D eigenvalue weighted by molar-refractivity contribution is 5.94. The van der Waals surface area contributed by atoms with Crippen molar-refractivity contribution in [3.8, 4) is 0 Å². The van der Waals surface area contributed by atoms with Gasteiger partial charge >= 0.3 is 12.1 Å². The third-order valence-electron chi connectivity index (χ3n) is 3.52. The number of anilines is 2. The maximum Gasteiger partial charge on any atom is 0.418 e. The largest absolute Gasteiger partial charge is 0.462 e. The van der Waals surface area contributed by atoms with Gasteiger partial charge in [0.1, 0.15) is 0 Å². The van der Waals surface area contributed by atoms with Crippen molar-refractivity contribution in [1.29, 1.82) is 0 Å². The first-order valence-corrected chi connectivity index (χ1v) is 8.28. The zero-order valence-corrected chi connectivity index (χ0v) is 14.6. The quantitative estimate of drug-likeness (QED) is 0.702. The number of hydrogen-bond donors (Lipinski definition) is 2. The molecule has 0 aromatic heterocycles. The highest BCUT2D eigenvalue weighted by Crippen LogP contribution is 2.34. The van der Waals surface area contributed by atoms with Crippen molar-refractivity contribution in [2.24, 2.45) is 0 Å². The molecule has 0 bridgehead atoms. The molecule has 144 valence electrons. The topological polar surface area (TPSA) is 67.4 Å². The van der Waals surface area contributed by atoms with Crippen LogP contribution in [-0.4, -0.2) is 25.0 Å². The number of carbonyl (C=O) groups is 2. The lowest BCUT2D eigenvalue weighted by Crippen LogP contribution is -2.23. The predicted octanol–water partition coefficient (Wildman–Crippen LogP) is 4.32. The lowest BCUT2D eigenvalue weighted by Gasteiger charge is -2.14. The Morgan fingerprint density at radius 3 is 2.33 bits per heavy atom. The maximum atomic E-state index is 12.9. The van der Waals surface area contributed by atoms with Crippen LogP contribution in [0.1, 0.15) is 29.3 Å². The summed E-state index contributed by atoms with van der Waals surface area (Å²) in [4.78, 5) is 23.6. The van der Waals surface area contributed by atoms with Crippen LogP contribution in [0.25, 0.3) is 0 Å². The van der Waals surface area contributed by atoms with E-state index in [1.54, 1.807) is 12.1 Å². The highest BCUT2D eigenvalue weighted by atomic mass is 19.4. The highest BCUT2D eigenvalue weighted by Gasteiger charge is 2.33. The normalized spacial score (nSPS) is 11.0. The number of hydrogen-bond acceptors (Lipinski definition) is 4. The van der Waals surface area contributed by atoms with Gasteiger partial charge in [0.05, 0.1) is 30.0 Å². The van der Waals surface area contributed by atoms with Crippen LogP contribution in [0.5, 0.6) is 0 Å². The molecule has 2 N–H and O–H groups in total. The van der Waals surface area contributed by atoms with Crippen LogP contribution < -0.4 is 10.6 Å². The smallest absolute Gasteiger partial charge is 0.418 e. The monoisotopic (exact) mass is 380 g/mol. The standard InChI is InChI=1S/C19H19F3N2O3/c1-2-11-27-18(26)13-7-9-14(10-8-13)23-12-17(25)24-16-6-4-3-5-15(16)19(20,21)22/h3-10,23H,2,11-12H2,1H3,(H,24,25). The summed E-state index contributed by atoms with van der Waals surface area (Å²) >= 11 is 0. The van der Waals surface area contributed by atoms with Crippen molar-refractivity contribution in [3.63, 3.8) is 0 Å². The molecule has 2 aromatic carbocycles. The summed E-state index contributed by atoms with van der Waals surface area (Å²) in [6.07, 6.45) is -3.84. The molecule has 0 aliphatic carbocycles. The summed E-state index contributed by atoms with van der Waals surface area (Å²) in [6.45, 7) is 1.99. The van der Waals surface area contributed by atoms with Crippen LogP contribution >= 0.6 is 0 Å². The molecule has 8 heteroatoms. The zero-order chi connectivity index (χ0) is 19.9. The van der Waals surface area contributed by atoms with Gasteiger partial charge in [-0.3, -0.25) is 4.79 Å². The average molecular weight is 380 g/mol. The van der Waals surface area contributed by atoms with Gasteiger partial charge in [0.2, 0.25) is 5.91 Å². The Hall–Kier alpha value is -3.03. The Balaban J connectivity index is 1.92. The Morgan fingerprint density at radius 2 is 1.70 bits per heavy atom. The lowest BCUT2D eigenvalue weighted by atomic mass is 10.1. The SMILES string of the molecule is CCCOC(=O)c1ccc(NCC(=O)Nc2ccccc2C(F)(F)F)cc1. The van der Waals surface area contributed by atoms with E-state index in [2.05, 4.69) is 10.6 Å². The fraction of sp³-hybridized carbons (Fsp3) is 0.263. The van der Waals surface area contributed by atoms with Crippen molar-refractivity contribution >= 4 is 23.3 Å². The van der Waals surface area contributed by atoms with E-state index >= 15 is 0 Å². The van der Waals surface area contributed by atoms with Crippen LogP contribution in [0.15, 0.2) is 48.5 Å². The minimum atomic E-state index is -4.56. The third-order valence-corrected chi connectivity index (χ3v) is 3.52. The molecular formula is C19H19F3N2O3. The van der Waals surface area contributed by atoms with E-state index in [9.17, 15) is 22.8 Å². The number of para-hydroxylation sites is 1. The van der Waals surface area contributed by atoms with E-state index < -0.39 is 23.6 Å². The lowest BCUT2D eigenvalue weighted by molar-refractivity contribution is -0.137. The second-order valence-corrected chi connectivity index (χ2v) is 5.66. The van der Waals surface area contributed by atoms with E-state index in [1.807, 2.05) is 6.92 Å². The van der Waals surface area contributed by atoms with Crippen LogP contribution in [-0.2, 0) is 15.7 Å². The second kappa shape index (κ2) is 9.07. The number of alkyl halides is 3. The van der Waals surface area contributed by atoms with Crippen molar-refractivity contribution in [3.05, 3.63) is 59.7 Å². The molecule has 2 aromatic rings. The number of rotatable bonds is 7. The molecule has 0 unspecified atom stereocenters. The minimum absolute atomic E-state index is 0.230. The number of ether oxygens (including phenoxy) is 1. The van der Waals surface area contributed by atoms with Gasteiger partial charge in [0.15, 0.2) is 0 Å². The number of esters is 1. The molecule has 0 aliphatic rings. The van der Waals surface area contributed by atoms with Gasteiger partial charge in [-0.1, -0.05) is 19.1 Å². The van der Waals surface area contributed by atoms with Gasteiger partial charge in [-0.15, -0.1) is 0 Å². The number of nitrogens with one attached hydrogen (secondary N) is 2. The third kappa shape index (κ3) is 6.02. The van der Waals surface area contributed by atoms with Gasteiger partial charge in [0.25, 0.3) is 0 Å². The van der Waals surface area contributed by atoms with Crippen molar-refractivity contribution in [2.75, 3.05) is 23.8 Å². The second-order valence-electron chi connectivity index (χ2n) is 5.66. The first-order chi connectivity index (χ1) is 12.8. The molecule has 2 rings (SSSR count). The number of benzene rings is 2. The van der Waals surface area contributed by atoms with E-state index in [-0.39, 0.29) is 12.2 Å². The first-order valence-electron chi connectivity index (χ1n) is 8.28. The molecule has 0 aliphatic heterocycles. The van der Waals surface area contributed by atoms with Gasteiger partial charge in [0, 0.05) is 5.69 Å². The fourth-order valence-electron chi connectivity index (χ4n) is 2.22. The van der Waals surface area contributed by atoms with E-state index in [4.69, 9.17) is 4.74 Å². The predicted molar refractivity (Wildman–Crippen MR) is 95.6 cm³/mol. The van der Waals surface area contributed by atoms with Crippen molar-refractivity contribution in [2.45, 2.75) is 19.5 Å². The summed E-state index contributed by atoms with van der Waals surface area (Å²) in [5.74, 6) is -1.07. The van der Waals surface area contributed by atoms with Crippen LogP contribution in [0.3, 0.4) is 0 Å². The van der Waals surface area contributed by atoms with Crippen LogP contribution in [0.2, 0.25) is 0 Å². The Kier molecular flexibility index (Phi) is 6.81. The van der Waals surface area contributed by atoms with Crippen molar-refractivity contribution in [1.82, 2.24) is 0 Å². The van der Waals surface area contributed by atoms with E-state index in [0.717, 1.165) is 12.5 Å². The Bertz CT molecular complexity index is 790. The average Bonchev–Trinajstić information content (AvgIpc) is 2.64. The number of halogens is 3. The van der Waals surface area contributed by atoms with Crippen LogP contribution in [0, 0.1) is 0 Å². The van der Waals surface area contributed by atoms with E-state index in [1.165, 1.54) is 30.3 Å². The summed E-state index contributed by atoms with van der Waals surface area (Å²) < 4.78 is 43.8. The maximum absolute atomic E-state index is 12.9. The molecular weight excluding hydrogens is 361 g/mol. The molecule has 1 amide bonds. The molecule has 0 saturated heterocycles. The fourth-order valence-corrected chi connectivity index (χ4v) is 2.22. The van der Waals surface area contributed by atoms with E-state index in [0.29, 0.717) is 17.9 Å². The molecule has 0 atom stereocenters. The summed E-state index contributed by atoms with van der Waals surface area (Å²) in [7, 11) is 0.